The summed E-state index contributed by atoms with van der Waals surface area (Å²) in [7, 11) is 0. The highest BCUT2D eigenvalue weighted by Gasteiger charge is 2.20. The van der Waals surface area contributed by atoms with Gasteiger partial charge in [0.2, 0.25) is 0 Å². The number of hydrogen-bond donors (Lipinski definition) is 1. The van der Waals surface area contributed by atoms with Crippen LogP contribution in [-0.2, 0) is 6.42 Å². The molecule has 1 N–H and O–H groups in total. The molecule has 0 bridgehead atoms. The Labute approximate surface area is 81.5 Å². The predicted molar refractivity (Wildman–Crippen MR) is 49.7 cm³/mol. The molecule has 0 aliphatic rings. The second-order valence-electron chi connectivity index (χ2n) is 2.89. The van der Waals surface area contributed by atoms with Crippen molar-refractivity contribution in [1.29, 1.82) is 0 Å². The first kappa shape index (κ1) is 10.5. The van der Waals surface area contributed by atoms with Crippen molar-refractivity contribution in [2.75, 3.05) is 0 Å². The Morgan fingerprint density at radius 3 is 2.50 bits per heavy atom. The average Bonchev–Trinajstić information content (AvgIpc) is 2.60. The number of furan rings is 1. The summed E-state index contributed by atoms with van der Waals surface area (Å²) in [6.07, 6.45) is 0.828. The van der Waals surface area contributed by atoms with Gasteiger partial charge < -0.3 is 9.52 Å². The Balaban J connectivity index is 3.18. The maximum atomic E-state index is 11.3. The lowest BCUT2D eigenvalue weighted by atomic mass is 10.1. The Bertz CT molecular complexity index is 362. The fourth-order valence-corrected chi connectivity index (χ4v) is 1.14. The molecule has 14 heavy (non-hydrogen) atoms. The molecule has 0 spiro atoms. The summed E-state index contributed by atoms with van der Waals surface area (Å²) in [4.78, 5) is 22.1. The number of carbonyl (C=O) groups excluding carboxylic acids is 1. The summed E-state index contributed by atoms with van der Waals surface area (Å²) >= 11 is 0. The molecule has 1 aromatic heterocycles. The van der Waals surface area contributed by atoms with Gasteiger partial charge >= 0.3 is 5.97 Å². The van der Waals surface area contributed by atoms with Crippen molar-refractivity contribution >= 4 is 11.8 Å². The van der Waals surface area contributed by atoms with E-state index in [4.69, 9.17) is 9.52 Å². The number of rotatable bonds is 4. The zero-order valence-corrected chi connectivity index (χ0v) is 8.16. The maximum Gasteiger partial charge on any atom is 0.339 e. The minimum Gasteiger partial charge on any atom is -0.478 e. The van der Waals surface area contributed by atoms with E-state index >= 15 is 0 Å². The zero-order chi connectivity index (χ0) is 10.7. The molecule has 0 radical (unpaired) electrons. The van der Waals surface area contributed by atoms with Crippen LogP contribution in [-0.4, -0.2) is 16.9 Å². The summed E-state index contributed by atoms with van der Waals surface area (Å²) in [5, 5.41) is 8.81. The van der Waals surface area contributed by atoms with Crippen LogP contribution in [0.5, 0.6) is 0 Å². The van der Waals surface area contributed by atoms with E-state index in [-0.39, 0.29) is 23.5 Å². The SMILES string of the molecule is CCC(=O)c1oc(CC)cc1C(=O)O. The van der Waals surface area contributed by atoms with Gasteiger partial charge in [-0.05, 0) is 6.07 Å². The molecule has 0 fully saturated rings. The minimum atomic E-state index is -1.12. The van der Waals surface area contributed by atoms with Crippen LogP contribution in [0, 0.1) is 0 Å². The van der Waals surface area contributed by atoms with Gasteiger partial charge in [-0.25, -0.2) is 4.79 Å². The summed E-state index contributed by atoms with van der Waals surface area (Å²) < 4.78 is 5.15. The minimum absolute atomic E-state index is 0.0307. The second kappa shape index (κ2) is 4.09. The number of aromatic carboxylic acids is 1. The Kier molecular flexibility index (Phi) is 3.06. The normalized spacial score (nSPS) is 10.1. The molecular weight excluding hydrogens is 184 g/mol. The molecule has 0 saturated heterocycles. The average molecular weight is 196 g/mol. The van der Waals surface area contributed by atoms with Gasteiger partial charge in [0, 0.05) is 12.8 Å². The molecule has 0 aliphatic heterocycles. The van der Waals surface area contributed by atoms with Crippen molar-refractivity contribution < 1.29 is 19.1 Å². The van der Waals surface area contributed by atoms with E-state index < -0.39 is 5.97 Å². The van der Waals surface area contributed by atoms with Gasteiger partial charge in [-0.2, -0.15) is 0 Å². The van der Waals surface area contributed by atoms with Crippen LogP contribution in [0.1, 0.15) is 46.9 Å². The summed E-state index contributed by atoms with van der Waals surface area (Å²) in [5.74, 6) is -0.900. The molecule has 0 unspecified atom stereocenters. The van der Waals surface area contributed by atoms with E-state index in [0.29, 0.717) is 12.2 Å². The lowest BCUT2D eigenvalue weighted by molar-refractivity contribution is 0.0689. The van der Waals surface area contributed by atoms with Crippen LogP contribution in [0.3, 0.4) is 0 Å². The molecule has 1 rings (SSSR count). The van der Waals surface area contributed by atoms with E-state index in [9.17, 15) is 9.59 Å². The Morgan fingerprint density at radius 1 is 1.43 bits per heavy atom. The number of hydrogen-bond acceptors (Lipinski definition) is 3. The first-order chi connectivity index (χ1) is 6.60. The van der Waals surface area contributed by atoms with Crippen LogP contribution in [0.4, 0.5) is 0 Å². The van der Waals surface area contributed by atoms with Crippen LogP contribution in [0.15, 0.2) is 10.5 Å². The van der Waals surface area contributed by atoms with Crippen molar-refractivity contribution in [3.63, 3.8) is 0 Å². The molecule has 76 valence electrons. The molecule has 1 heterocycles. The third kappa shape index (κ3) is 1.84. The van der Waals surface area contributed by atoms with E-state index in [0.717, 1.165) is 0 Å². The number of carboxylic acids is 1. The first-order valence-electron chi connectivity index (χ1n) is 4.49. The van der Waals surface area contributed by atoms with Crippen LogP contribution in [0.25, 0.3) is 0 Å². The fraction of sp³-hybridized carbons (Fsp3) is 0.400. The summed E-state index contributed by atoms with van der Waals surface area (Å²) in [5.41, 5.74) is -0.0336. The van der Waals surface area contributed by atoms with E-state index in [2.05, 4.69) is 0 Å². The molecule has 0 aliphatic carbocycles. The van der Waals surface area contributed by atoms with Crippen molar-refractivity contribution in [3.05, 3.63) is 23.2 Å². The standard InChI is InChI=1S/C10H12O4/c1-3-6-5-7(10(12)13)9(14-6)8(11)4-2/h5H,3-4H2,1-2H3,(H,12,13). The zero-order valence-electron chi connectivity index (χ0n) is 8.16. The van der Waals surface area contributed by atoms with Crippen molar-refractivity contribution in [2.24, 2.45) is 0 Å². The second-order valence-corrected chi connectivity index (χ2v) is 2.89. The molecule has 4 heteroatoms. The Hall–Kier alpha value is -1.58. The molecule has 1 aromatic rings. The highest BCUT2D eigenvalue weighted by molar-refractivity contribution is 6.03. The van der Waals surface area contributed by atoms with Gasteiger partial charge in [-0.15, -0.1) is 0 Å². The third-order valence-corrected chi connectivity index (χ3v) is 1.94. The molecule has 0 amide bonds. The summed E-state index contributed by atoms with van der Waals surface area (Å²) in [6, 6.07) is 1.41. The number of Topliss-reactive ketones (excluding diaryl/α,β-unsaturated/α-hetero) is 1. The van der Waals surface area contributed by atoms with Gasteiger partial charge in [0.05, 0.1) is 0 Å². The summed E-state index contributed by atoms with van der Waals surface area (Å²) in [6.45, 7) is 3.51. The quantitative estimate of drug-likeness (QED) is 0.749. The van der Waals surface area contributed by atoms with Crippen LogP contribution < -0.4 is 0 Å². The molecular formula is C10H12O4. The number of carboxylic acid groups (broad SMARTS) is 1. The first-order valence-corrected chi connectivity index (χ1v) is 4.49. The molecule has 0 atom stereocenters. The molecule has 0 aromatic carbocycles. The van der Waals surface area contributed by atoms with E-state index in [1.807, 2.05) is 6.92 Å². The van der Waals surface area contributed by atoms with Gasteiger partial charge in [-0.1, -0.05) is 13.8 Å². The molecule has 4 nitrogen and oxygen atoms in total. The molecule has 0 saturated carbocycles. The highest BCUT2D eigenvalue weighted by atomic mass is 16.4. The van der Waals surface area contributed by atoms with Gasteiger partial charge in [-0.3, -0.25) is 4.79 Å². The van der Waals surface area contributed by atoms with Crippen molar-refractivity contribution in [2.45, 2.75) is 26.7 Å². The van der Waals surface area contributed by atoms with Gasteiger partial charge in [0.25, 0.3) is 0 Å². The fourth-order valence-electron chi connectivity index (χ4n) is 1.14. The smallest absolute Gasteiger partial charge is 0.339 e. The highest BCUT2D eigenvalue weighted by Crippen LogP contribution is 2.17. The lowest BCUT2D eigenvalue weighted by Gasteiger charge is -1.93. The van der Waals surface area contributed by atoms with E-state index in [1.165, 1.54) is 6.07 Å². The number of ketones is 1. The predicted octanol–water partition coefficient (Wildman–Crippen LogP) is 2.13. The van der Waals surface area contributed by atoms with Gasteiger partial charge in [0.15, 0.2) is 11.5 Å². The van der Waals surface area contributed by atoms with Crippen molar-refractivity contribution in [1.82, 2.24) is 0 Å². The van der Waals surface area contributed by atoms with Gasteiger partial charge in [0.1, 0.15) is 11.3 Å². The van der Waals surface area contributed by atoms with Crippen molar-refractivity contribution in [3.8, 4) is 0 Å². The van der Waals surface area contributed by atoms with Crippen LogP contribution in [0.2, 0.25) is 0 Å². The number of aryl methyl sites for hydroxylation is 1. The maximum absolute atomic E-state index is 11.3. The van der Waals surface area contributed by atoms with E-state index in [1.54, 1.807) is 6.92 Å². The largest absolute Gasteiger partial charge is 0.478 e. The topological polar surface area (TPSA) is 67.5 Å². The Morgan fingerprint density at radius 2 is 2.07 bits per heavy atom. The number of carbonyl (C=O) groups is 2. The third-order valence-electron chi connectivity index (χ3n) is 1.94. The van der Waals surface area contributed by atoms with Crippen LogP contribution >= 0.6 is 0 Å². The monoisotopic (exact) mass is 196 g/mol. The lowest BCUT2D eigenvalue weighted by Crippen LogP contribution is -2.04.